The fourth-order valence-electron chi connectivity index (χ4n) is 2.57. The number of sulfone groups is 1. The lowest BCUT2D eigenvalue weighted by Crippen LogP contribution is -2.07. The molecule has 0 fully saturated rings. The first-order valence-electron chi connectivity index (χ1n) is 7.87. The van der Waals surface area contributed by atoms with Crippen molar-refractivity contribution in [3.05, 3.63) is 71.5 Å². The van der Waals surface area contributed by atoms with Gasteiger partial charge in [-0.05, 0) is 43.3 Å². The predicted octanol–water partition coefficient (Wildman–Crippen LogP) is 3.03. The first-order chi connectivity index (χ1) is 12.4. The van der Waals surface area contributed by atoms with Crippen molar-refractivity contribution >= 4 is 9.84 Å². The molecule has 0 aliphatic rings. The van der Waals surface area contributed by atoms with Crippen LogP contribution >= 0.6 is 0 Å². The standard InChI is InChI=1S/C19H17N3O3S/c1-14-18(12-20)19(22(21-14)15-6-4-3-5-7-15)13-25-16-8-10-17(11-9-16)26(2,23)24/h3-11H,13H2,1-2H3. The molecular weight excluding hydrogens is 350 g/mol. The van der Waals surface area contributed by atoms with Gasteiger partial charge in [0.25, 0.3) is 0 Å². The quantitative estimate of drug-likeness (QED) is 0.692. The van der Waals surface area contributed by atoms with Gasteiger partial charge in [0.1, 0.15) is 24.0 Å². The molecule has 0 radical (unpaired) electrons. The molecule has 0 bridgehead atoms. The first kappa shape index (κ1) is 17.7. The summed E-state index contributed by atoms with van der Waals surface area (Å²) in [5.74, 6) is 0.514. The van der Waals surface area contributed by atoms with E-state index in [1.54, 1.807) is 23.7 Å². The summed E-state index contributed by atoms with van der Waals surface area (Å²) in [4.78, 5) is 0.229. The van der Waals surface area contributed by atoms with Crippen LogP contribution in [0.5, 0.6) is 5.75 Å². The summed E-state index contributed by atoms with van der Waals surface area (Å²) in [6.07, 6.45) is 1.16. The van der Waals surface area contributed by atoms with Crippen molar-refractivity contribution in [3.63, 3.8) is 0 Å². The second kappa shape index (κ2) is 7.02. The number of nitrogens with zero attached hydrogens (tertiary/aromatic N) is 3. The fourth-order valence-corrected chi connectivity index (χ4v) is 3.20. The van der Waals surface area contributed by atoms with Crippen molar-refractivity contribution in [2.24, 2.45) is 0 Å². The van der Waals surface area contributed by atoms with Gasteiger partial charge in [-0.2, -0.15) is 10.4 Å². The molecule has 132 valence electrons. The summed E-state index contributed by atoms with van der Waals surface area (Å²) in [6, 6.07) is 17.9. The normalized spacial score (nSPS) is 11.1. The van der Waals surface area contributed by atoms with Crippen molar-refractivity contribution in [2.45, 2.75) is 18.4 Å². The summed E-state index contributed by atoms with van der Waals surface area (Å²) in [5.41, 5.74) is 2.58. The molecule has 7 heteroatoms. The molecule has 1 heterocycles. The second-order valence-electron chi connectivity index (χ2n) is 5.80. The fraction of sp³-hybridized carbons (Fsp3) is 0.158. The molecule has 3 aromatic rings. The summed E-state index contributed by atoms with van der Waals surface area (Å²) in [5, 5.41) is 13.9. The van der Waals surface area contributed by atoms with Crippen LogP contribution in [0.15, 0.2) is 59.5 Å². The average Bonchev–Trinajstić information content (AvgIpc) is 2.95. The van der Waals surface area contributed by atoms with Crippen LogP contribution in [0.1, 0.15) is 17.0 Å². The second-order valence-corrected chi connectivity index (χ2v) is 7.81. The molecule has 0 unspecified atom stereocenters. The van der Waals surface area contributed by atoms with Gasteiger partial charge in [-0.1, -0.05) is 18.2 Å². The number of nitriles is 1. The number of ether oxygens (including phenoxy) is 1. The Bertz CT molecular complexity index is 1060. The summed E-state index contributed by atoms with van der Waals surface area (Å²) in [7, 11) is -3.25. The van der Waals surface area contributed by atoms with Crippen LogP contribution in [0.25, 0.3) is 5.69 Å². The van der Waals surface area contributed by atoms with Gasteiger partial charge in [0.2, 0.25) is 0 Å². The van der Waals surface area contributed by atoms with Crippen LogP contribution in [0.3, 0.4) is 0 Å². The van der Waals surface area contributed by atoms with E-state index in [9.17, 15) is 13.7 Å². The molecule has 0 aliphatic heterocycles. The minimum atomic E-state index is -3.25. The number of benzene rings is 2. The van der Waals surface area contributed by atoms with E-state index in [2.05, 4.69) is 11.2 Å². The third-order valence-electron chi connectivity index (χ3n) is 3.90. The molecule has 0 amide bonds. The maximum absolute atomic E-state index is 11.5. The zero-order valence-electron chi connectivity index (χ0n) is 14.4. The zero-order chi connectivity index (χ0) is 18.7. The van der Waals surface area contributed by atoms with Crippen LogP contribution in [0, 0.1) is 18.3 Å². The molecule has 0 atom stereocenters. The van der Waals surface area contributed by atoms with Crippen LogP contribution in [-0.4, -0.2) is 24.5 Å². The number of hydrogen-bond acceptors (Lipinski definition) is 5. The Morgan fingerprint density at radius 2 is 1.77 bits per heavy atom. The van der Waals surface area contributed by atoms with Crippen molar-refractivity contribution < 1.29 is 13.2 Å². The smallest absolute Gasteiger partial charge is 0.175 e. The molecule has 0 saturated heterocycles. The Balaban J connectivity index is 1.89. The van der Waals surface area contributed by atoms with E-state index in [0.717, 1.165) is 11.9 Å². The van der Waals surface area contributed by atoms with Crippen LogP contribution in [0.4, 0.5) is 0 Å². The lowest BCUT2D eigenvalue weighted by Gasteiger charge is -2.10. The van der Waals surface area contributed by atoms with Gasteiger partial charge >= 0.3 is 0 Å². The minimum Gasteiger partial charge on any atom is -0.487 e. The van der Waals surface area contributed by atoms with Gasteiger partial charge < -0.3 is 4.74 Å². The molecular formula is C19H17N3O3S. The highest BCUT2D eigenvalue weighted by atomic mass is 32.2. The van der Waals surface area contributed by atoms with E-state index >= 15 is 0 Å². The highest BCUT2D eigenvalue weighted by molar-refractivity contribution is 7.90. The Kier molecular flexibility index (Phi) is 4.78. The molecule has 0 aliphatic carbocycles. The Hall–Kier alpha value is -3.11. The highest BCUT2D eigenvalue weighted by Crippen LogP contribution is 2.21. The molecule has 3 rings (SSSR count). The lowest BCUT2D eigenvalue weighted by atomic mass is 10.2. The van der Waals surface area contributed by atoms with Gasteiger partial charge in [0.05, 0.1) is 22.0 Å². The van der Waals surface area contributed by atoms with Gasteiger partial charge in [-0.25, -0.2) is 13.1 Å². The van der Waals surface area contributed by atoms with E-state index in [1.807, 2.05) is 30.3 Å². The van der Waals surface area contributed by atoms with E-state index < -0.39 is 9.84 Å². The van der Waals surface area contributed by atoms with Gasteiger partial charge in [0, 0.05) is 6.26 Å². The maximum atomic E-state index is 11.5. The van der Waals surface area contributed by atoms with E-state index in [1.165, 1.54) is 12.1 Å². The third-order valence-corrected chi connectivity index (χ3v) is 5.02. The largest absolute Gasteiger partial charge is 0.487 e. The molecule has 0 N–H and O–H groups in total. The molecule has 26 heavy (non-hydrogen) atoms. The van der Waals surface area contributed by atoms with Crippen molar-refractivity contribution in [1.29, 1.82) is 5.26 Å². The average molecular weight is 367 g/mol. The van der Waals surface area contributed by atoms with Gasteiger partial charge in [0.15, 0.2) is 9.84 Å². The van der Waals surface area contributed by atoms with Gasteiger partial charge in [-0.3, -0.25) is 0 Å². The number of hydrogen-bond donors (Lipinski definition) is 0. The summed E-state index contributed by atoms with van der Waals surface area (Å²) < 4.78 is 30.5. The summed E-state index contributed by atoms with van der Waals surface area (Å²) >= 11 is 0. The van der Waals surface area contributed by atoms with Crippen LogP contribution in [0.2, 0.25) is 0 Å². The molecule has 0 saturated carbocycles. The van der Waals surface area contributed by atoms with Crippen molar-refractivity contribution in [1.82, 2.24) is 9.78 Å². The third kappa shape index (κ3) is 3.60. The minimum absolute atomic E-state index is 0.136. The molecule has 0 spiro atoms. The van der Waals surface area contributed by atoms with E-state index in [-0.39, 0.29) is 11.5 Å². The molecule has 2 aromatic carbocycles. The van der Waals surface area contributed by atoms with Crippen molar-refractivity contribution in [3.8, 4) is 17.5 Å². The van der Waals surface area contributed by atoms with Crippen LogP contribution in [-0.2, 0) is 16.4 Å². The number of aromatic nitrogens is 2. The molecule has 6 nitrogen and oxygen atoms in total. The predicted molar refractivity (Wildman–Crippen MR) is 96.9 cm³/mol. The first-order valence-corrected chi connectivity index (χ1v) is 9.76. The Labute approximate surface area is 152 Å². The van der Waals surface area contributed by atoms with Crippen molar-refractivity contribution in [2.75, 3.05) is 6.26 Å². The zero-order valence-corrected chi connectivity index (χ0v) is 15.2. The van der Waals surface area contributed by atoms with Gasteiger partial charge in [-0.15, -0.1) is 0 Å². The van der Waals surface area contributed by atoms with Crippen LogP contribution < -0.4 is 4.74 Å². The van der Waals surface area contributed by atoms with E-state index in [0.29, 0.717) is 22.7 Å². The summed E-state index contributed by atoms with van der Waals surface area (Å²) in [6.45, 7) is 1.92. The lowest BCUT2D eigenvalue weighted by molar-refractivity contribution is 0.297. The maximum Gasteiger partial charge on any atom is 0.175 e. The Morgan fingerprint density at radius 3 is 2.35 bits per heavy atom. The number of para-hydroxylation sites is 1. The number of aryl methyl sites for hydroxylation is 1. The monoisotopic (exact) mass is 367 g/mol. The molecule has 1 aromatic heterocycles. The van der Waals surface area contributed by atoms with E-state index in [4.69, 9.17) is 4.74 Å². The number of rotatable bonds is 5. The topological polar surface area (TPSA) is 85.0 Å². The Morgan fingerprint density at radius 1 is 1.12 bits per heavy atom. The SMILES string of the molecule is Cc1nn(-c2ccccc2)c(COc2ccc(S(C)(=O)=O)cc2)c1C#N. The highest BCUT2D eigenvalue weighted by Gasteiger charge is 2.17.